The van der Waals surface area contributed by atoms with Gasteiger partial charge in [0.1, 0.15) is 4.90 Å². The third-order valence-corrected chi connectivity index (χ3v) is 4.60. The van der Waals surface area contributed by atoms with E-state index in [-0.39, 0.29) is 10.5 Å². The molecule has 0 aliphatic heterocycles. The van der Waals surface area contributed by atoms with Crippen LogP contribution in [0.2, 0.25) is 0 Å². The molecule has 0 aliphatic carbocycles. The SMILES string of the molecule is C[C@@H](NS(=O)(=O)c1cnn(C)c1)[C@@H](O)c1ccc(F)c(F)c1. The van der Waals surface area contributed by atoms with Crippen molar-refractivity contribution < 1.29 is 22.3 Å². The van der Waals surface area contributed by atoms with Crippen molar-refractivity contribution in [1.82, 2.24) is 14.5 Å². The van der Waals surface area contributed by atoms with Gasteiger partial charge in [-0.3, -0.25) is 4.68 Å². The lowest BCUT2D eigenvalue weighted by molar-refractivity contribution is 0.146. The highest BCUT2D eigenvalue weighted by Crippen LogP contribution is 2.20. The molecule has 120 valence electrons. The van der Waals surface area contributed by atoms with Crippen LogP contribution < -0.4 is 4.72 Å². The number of aromatic nitrogens is 2. The second kappa shape index (κ2) is 6.11. The van der Waals surface area contributed by atoms with Gasteiger partial charge in [-0.15, -0.1) is 0 Å². The van der Waals surface area contributed by atoms with Gasteiger partial charge >= 0.3 is 0 Å². The van der Waals surface area contributed by atoms with Crippen LogP contribution in [0.5, 0.6) is 0 Å². The fourth-order valence-electron chi connectivity index (χ4n) is 1.90. The zero-order valence-corrected chi connectivity index (χ0v) is 12.7. The topological polar surface area (TPSA) is 84.2 Å². The van der Waals surface area contributed by atoms with Crippen LogP contribution in [-0.2, 0) is 17.1 Å². The summed E-state index contributed by atoms with van der Waals surface area (Å²) in [6.45, 7) is 1.42. The molecule has 1 heterocycles. The van der Waals surface area contributed by atoms with E-state index in [0.717, 1.165) is 12.1 Å². The molecule has 0 amide bonds. The molecule has 2 aromatic rings. The summed E-state index contributed by atoms with van der Waals surface area (Å²) in [5, 5.41) is 13.8. The fraction of sp³-hybridized carbons (Fsp3) is 0.308. The first kappa shape index (κ1) is 16.5. The number of aliphatic hydroxyl groups excluding tert-OH is 1. The average Bonchev–Trinajstić information content (AvgIpc) is 2.88. The Morgan fingerprint density at radius 3 is 2.55 bits per heavy atom. The molecule has 0 bridgehead atoms. The number of aliphatic hydroxyl groups is 1. The normalized spacial score (nSPS) is 14.8. The largest absolute Gasteiger partial charge is 0.387 e. The van der Waals surface area contributed by atoms with E-state index in [9.17, 15) is 22.3 Å². The van der Waals surface area contributed by atoms with Crippen molar-refractivity contribution in [2.45, 2.75) is 24.0 Å². The first-order valence-corrected chi connectivity index (χ1v) is 7.83. The molecule has 6 nitrogen and oxygen atoms in total. The fourth-order valence-corrected chi connectivity index (χ4v) is 3.13. The summed E-state index contributed by atoms with van der Waals surface area (Å²) in [5.74, 6) is -2.15. The van der Waals surface area contributed by atoms with Crippen molar-refractivity contribution in [1.29, 1.82) is 0 Å². The Morgan fingerprint density at radius 1 is 1.32 bits per heavy atom. The van der Waals surface area contributed by atoms with E-state index < -0.39 is 33.8 Å². The molecule has 9 heteroatoms. The molecule has 1 aromatic heterocycles. The van der Waals surface area contributed by atoms with Gasteiger partial charge in [-0.05, 0) is 24.6 Å². The quantitative estimate of drug-likeness (QED) is 0.859. The summed E-state index contributed by atoms with van der Waals surface area (Å²) >= 11 is 0. The molecule has 0 saturated carbocycles. The molecule has 0 saturated heterocycles. The van der Waals surface area contributed by atoms with Crippen LogP contribution in [0.1, 0.15) is 18.6 Å². The van der Waals surface area contributed by atoms with Gasteiger partial charge in [0.15, 0.2) is 11.6 Å². The Hall–Kier alpha value is -1.84. The first-order chi connectivity index (χ1) is 10.2. The number of nitrogens with one attached hydrogen (secondary N) is 1. The lowest BCUT2D eigenvalue weighted by atomic mass is 10.0. The summed E-state index contributed by atoms with van der Waals surface area (Å²) in [4.78, 5) is -0.0562. The van der Waals surface area contributed by atoms with Gasteiger partial charge in [0.25, 0.3) is 0 Å². The van der Waals surface area contributed by atoms with Crippen molar-refractivity contribution in [3.63, 3.8) is 0 Å². The van der Waals surface area contributed by atoms with Gasteiger partial charge < -0.3 is 5.11 Å². The highest BCUT2D eigenvalue weighted by atomic mass is 32.2. The predicted octanol–water partition coefficient (Wildman–Crippen LogP) is 1.10. The van der Waals surface area contributed by atoms with Gasteiger partial charge in [-0.1, -0.05) is 6.07 Å². The maximum Gasteiger partial charge on any atom is 0.244 e. The molecule has 0 radical (unpaired) electrons. The Labute approximate surface area is 126 Å². The minimum Gasteiger partial charge on any atom is -0.387 e. The molecular formula is C13H15F2N3O3S. The summed E-state index contributed by atoms with van der Waals surface area (Å²) in [6, 6.07) is 1.94. The number of rotatable bonds is 5. The summed E-state index contributed by atoms with van der Waals surface area (Å²) < 4.78 is 53.9. The molecule has 0 fully saturated rings. The maximum atomic E-state index is 13.2. The van der Waals surface area contributed by atoms with Crippen molar-refractivity contribution in [2.24, 2.45) is 7.05 Å². The standard InChI is InChI=1S/C13H15F2N3O3S/c1-8(13(19)9-3-4-11(14)12(15)5-9)17-22(20,21)10-6-16-18(2)7-10/h3-8,13,17,19H,1-2H3/t8-,13-/m1/s1. The molecule has 0 spiro atoms. The molecule has 0 aliphatic rings. The molecule has 1 aromatic carbocycles. The number of sulfonamides is 1. The van der Waals surface area contributed by atoms with Crippen molar-refractivity contribution in [2.75, 3.05) is 0 Å². The number of nitrogens with zero attached hydrogens (tertiary/aromatic N) is 2. The summed E-state index contributed by atoms with van der Waals surface area (Å²) in [5.41, 5.74) is 0.0697. The maximum absolute atomic E-state index is 13.2. The van der Waals surface area contributed by atoms with Gasteiger partial charge in [-0.25, -0.2) is 21.9 Å². The van der Waals surface area contributed by atoms with E-state index in [2.05, 4.69) is 9.82 Å². The minimum absolute atomic E-state index is 0.0562. The number of aryl methyl sites for hydroxylation is 1. The van der Waals surface area contributed by atoms with E-state index >= 15 is 0 Å². The van der Waals surface area contributed by atoms with E-state index in [0.29, 0.717) is 0 Å². The third kappa shape index (κ3) is 3.49. The van der Waals surface area contributed by atoms with Crippen LogP contribution in [0.3, 0.4) is 0 Å². The zero-order valence-electron chi connectivity index (χ0n) is 11.9. The van der Waals surface area contributed by atoms with Crippen LogP contribution in [-0.4, -0.2) is 29.3 Å². The smallest absolute Gasteiger partial charge is 0.244 e. The Morgan fingerprint density at radius 2 is 2.00 bits per heavy atom. The lowest BCUT2D eigenvalue weighted by Crippen LogP contribution is -2.37. The van der Waals surface area contributed by atoms with Crippen molar-refractivity contribution >= 4 is 10.0 Å². The average molecular weight is 331 g/mol. The summed E-state index contributed by atoms with van der Waals surface area (Å²) in [7, 11) is -2.30. The molecule has 2 atom stereocenters. The second-order valence-electron chi connectivity index (χ2n) is 4.88. The Balaban J connectivity index is 2.17. The highest BCUT2D eigenvalue weighted by Gasteiger charge is 2.25. The highest BCUT2D eigenvalue weighted by molar-refractivity contribution is 7.89. The van der Waals surface area contributed by atoms with E-state index in [1.807, 2.05) is 0 Å². The van der Waals surface area contributed by atoms with Crippen LogP contribution in [0.4, 0.5) is 8.78 Å². The zero-order chi connectivity index (χ0) is 16.5. The molecule has 2 rings (SSSR count). The number of hydrogen-bond acceptors (Lipinski definition) is 4. The molecule has 22 heavy (non-hydrogen) atoms. The molecular weight excluding hydrogens is 316 g/mol. The van der Waals surface area contributed by atoms with Crippen LogP contribution in [0.25, 0.3) is 0 Å². The van der Waals surface area contributed by atoms with Crippen LogP contribution in [0, 0.1) is 11.6 Å². The summed E-state index contributed by atoms with van der Waals surface area (Å²) in [6.07, 6.45) is 1.14. The molecule has 2 N–H and O–H groups in total. The van der Waals surface area contributed by atoms with E-state index in [1.165, 1.54) is 30.1 Å². The first-order valence-electron chi connectivity index (χ1n) is 6.34. The minimum atomic E-state index is -3.87. The van der Waals surface area contributed by atoms with Gasteiger partial charge in [-0.2, -0.15) is 5.10 Å². The van der Waals surface area contributed by atoms with E-state index in [1.54, 1.807) is 7.05 Å². The van der Waals surface area contributed by atoms with Crippen molar-refractivity contribution in [3.8, 4) is 0 Å². The predicted molar refractivity (Wildman–Crippen MR) is 74.3 cm³/mol. The second-order valence-corrected chi connectivity index (χ2v) is 6.59. The monoisotopic (exact) mass is 331 g/mol. The van der Waals surface area contributed by atoms with Crippen LogP contribution in [0.15, 0.2) is 35.5 Å². The van der Waals surface area contributed by atoms with Gasteiger partial charge in [0, 0.05) is 19.3 Å². The number of halogens is 2. The van der Waals surface area contributed by atoms with Gasteiger partial charge in [0.05, 0.1) is 12.3 Å². The third-order valence-electron chi connectivity index (χ3n) is 3.09. The molecule has 0 unspecified atom stereocenters. The van der Waals surface area contributed by atoms with Crippen molar-refractivity contribution in [3.05, 3.63) is 47.8 Å². The van der Waals surface area contributed by atoms with Gasteiger partial charge in [0.2, 0.25) is 10.0 Å². The number of hydrogen-bond donors (Lipinski definition) is 2. The Kier molecular flexibility index (Phi) is 4.59. The van der Waals surface area contributed by atoms with E-state index in [4.69, 9.17) is 0 Å². The number of benzene rings is 1. The Bertz CT molecular complexity index is 777. The lowest BCUT2D eigenvalue weighted by Gasteiger charge is -2.20. The van der Waals surface area contributed by atoms with Crippen LogP contribution >= 0.6 is 0 Å².